The maximum absolute atomic E-state index is 13.3. The zero-order valence-corrected chi connectivity index (χ0v) is 19.9. The number of amides is 1. The number of carbonyl (C=O) groups is 1. The largest absolute Gasteiger partial charge is 0.416 e. The van der Waals surface area contributed by atoms with Crippen LogP contribution in [0, 0.1) is 13.8 Å². The minimum Gasteiger partial charge on any atom is -0.324 e. The molecule has 1 N–H and O–H groups in total. The maximum atomic E-state index is 13.3. The Morgan fingerprint density at radius 1 is 0.971 bits per heavy atom. The highest BCUT2D eigenvalue weighted by atomic mass is 35.5. The molecule has 0 bridgehead atoms. The van der Waals surface area contributed by atoms with Crippen molar-refractivity contribution in [3.05, 3.63) is 94.0 Å². The van der Waals surface area contributed by atoms with Gasteiger partial charge in [-0.15, -0.1) is 0 Å². The molecule has 0 heterocycles. The summed E-state index contributed by atoms with van der Waals surface area (Å²) in [6.45, 7) is 2.93. The van der Waals surface area contributed by atoms with E-state index >= 15 is 0 Å². The predicted molar refractivity (Wildman–Crippen MR) is 125 cm³/mol. The van der Waals surface area contributed by atoms with Gasteiger partial charge >= 0.3 is 6.18 Å². The zero-order chi connectivity index (χ0) is 25.1. The Hall–Kier alpha value is -2.88. The van der Waals surface area contributed by atoms with Crippen LogP contribution < -0.4 is 5.32 Å². The van der Waals surface area contributed by atoms with Gasteiger partial charge in [0.1, 0.15) is 0 Å². The second-order valence-electron chi connectivity index (χ2n) is 7.82. The number of halogens is 4. The molecule has 0 fully saturated rings. The molecule has 0 spiro atoms. The van der Waals surface area contributed by atoms with Crippen LogP contribution in [0.25, 0.3) is 0 Å². The molecular formula is C24H22ClF3N2O3S. The van der Waals surface area contributed by atoms with E-state index in [0.717, 1.165) is 27.6 Å². The van der Waals surface area contributed by atoms with Crippen molar-refractivity contribution in [2.45, 2.75) is 31.5 Å². The molecule has 3 rings (SSSR count). The molecule has 0 aromatic heterocycles. The van der Waals surface area contributed by atoms with Gasteiger partial charge in [-0.05, 0) is 49.7 Å². The second-order valence-corrected chi connectivity index (χ2v) is 10.2. The molecule has 34 heavy (non-hydrogen) atoms. The number of hydrogen-bond acceptors (Lipinski definition) is 3. The Balaban J connectivity index is 1.91. The van der Waals surface area contributed by atoms with E-state index in [2.05, 4.69) is 5.32 Å². The van der Waals surface area contributed by atoms with E-state index in [9.17, 15) is 26.4 Å². The van der Waals surface area contributed by atoms with E-state index in [1.807, 2.05) is 19.9 Å². The fourth-order valence-corrected chi connectivity index (χ4v) is 4.80. The summed E-state index contributed by atoms with van der Waals surface area (Å²) in [6, 6.07) is 15.8. The maximum Gasteiger partial charge on any atom is 0.416 e. The normalized spacial score (nSPS) is 12.1. The molecule has 0 aliphatic carbocycles. The number of hydrogen-bond donors (Lipinski definition) is 1. The minimum atomic E-state index is -4.63. The molecule has 180 valence electrons. The van der Waals surface area contributed by atoms with Gasteiger partial charge in [0.2, 0.25) is 15.9 Å². The van der Waals surface area contributed by atoms with Crippen LogP contribution in [0.4, 0.5) is 18.9 Å². The first-order valence-electron chi connectivity index (χ1n) is 10.2. The van der Waals surface area contributed by atoms with Crippen molar-refractivity contribution in [3.63, 3.8) is 0 Å². The highest BCUT2D eigenvalue weighted by Crippen LogP contribution is 2.34. The summed E-state index contributed by atoms with van der Waals surface area (Å²) in [4.78, 5) is 12.8. The third-order valence-corrected chi connectivity index (χ3v) is 7.12. The Bertz CT molecular complexity index is 1290. The quantitative estimate of drug-likeness (QED) is 0.436. The van der Waals surface area contributed by atoms with Crippen molar-refractivity contribution < 1.29 is 26.4 Å². The van der Waals surface area contributed by atoms with Crippen LogP contribution in [0.15, 0.2) is 71.6 Å². The summed E-state index contributed by atoms with van der Waals surface area (Å²) in [6.07, 6.45) is -4.63. The first-order chi connectivity index (χ1) is 15.9. The van der Waals surface area contributed by atoms with Crippen LogP contribution in [0.1, 0.15) is 22.3 Å². The molecule has 0 unspecified atom stereocenters. The van der Waals surface area contributed by atoms with Crippen LogP contribution >= 0.6 is 11.6 Å². The Morgan fingerprint density at radius 2 is 1.65 bits per heavy atom. The van der Waals surface area contributed by atoms with E-state index < -0.39 is 34.2 Å². The lowest BCUT2D eigenvalue weighted by Gasteiger charge is -2.22. The third-order valence-electron chi connectivity index (χ3n) is 4.99. The third kappa shape index (κ3) is 6.37. The molecule has 0 radical (unpaired) electrons. The molecule has 0 saturated heterocycles. The molecule has 0 aliphatic rings. The van der Waals surface area contributed by atoms with E-state index in [0.29, 0.717) is 11.6 Å². The second kappa shape index (κ2) is 10.2. The van der Waals surface area contributed by atoms with Gasteiger partial charge in [-0.1, -0.05) is 59.1 Å². The average Bonchev–Trinajstić information content (AvgIpc) is 2.74. The van der Waals surface area contributed by atoms with Crippen LogP contribution in [0.3, 0.4) is 0 Å². The number of nitrogens with one attached hydrogen (secondary N) is 1. The number of aryl methyl sites for hydroxylation is 2. The van der Waals surface area contributed by atoms with Crippen LogP contribution in [-0.4, -0.2) is 25.2 Å². The summed E-state index contributed by atoms with van der Waals surface area (Å²) in [5.41, 5.74) is 1.17. The highest BCUT2D eigenvalue weighted by molar-refractivity contribution is 7.89. The van der Waals surface area contributed by atoms with Crippen LogP contribution in [-0.2, 0) is 27.5 Å². The molecular weight excluding hydrogens is 489 g/mol. The number of anilines is 1. The van der Waals surface area contributed by atoms with Gasteiger partial charge in [0, 0.05) is 6.54 Å². The smallest absolute Gasteiger partial charge is 0.324 e. The van der Waals surface area contributed by atoms with E-state index in [1.165, 1.54) is 12.1 Å². The number of rotatable bonds is 7. The fraction of sp³-hybridized carbons (Fsp3) is 0.208. The summed E-state index contributed by atoms with van der Waals surface area (Å²) >= 11 is 5.96. The van der Waals surface area contributed by atoms with Crippen molar-refractivity contribution in [1.82, 2.24) is 4.31 Å². The fourth-order valence-electron chi connectivity index (χ4n) is 3.25. The van der Waals surface area contributed by atoms with E-state index in [4.69, 9.17) is 11.6 Å². The Labute approximate surface area is 201 Å². The summed E-state index contributed by atoms with van der Waals surface area (Å²) in [5.74, 6) is -0.829. The lowest BCUT2D eigenvalue weighted by molar-refractivity contribution is -0.137. The molecule has 0 aliphatic heterocycles. The molecule has 5 nitrogen and oxygen atoms in total. The van der Waals surface area contributed by atoms with Gasteiger partial charge in [0.25, 0.3) is 0 Å². The number of nitrogens with zero attached hydrogens (tertiary/aromatic N) is 1. The van der Waals surface area contributed by atoms with Gasteiger partial charge in [-0.2, -0.15) is 17.5 Å². The number of alkyl halides is 3. The van der Waals surface area contributed by atoms with Crippen molar-refractivity contribution >= 4 is 33.2 Å². The van der Waals surface area contributed by atoms with Gasteiger partial charge in [0.15, 0.2) is 0 Å². The lowest BCUT2D eigenvalue weighted by atomic mass is 10.1. The van der Waals surface area contributed by atoms with Crippen molar-refractivity contribution in [3.8, 4) is 0 Å². The molecule has 0 atom stereocenters. The Morgan fingerprint density at radius 3 is 2.26 bits per heavy atom. The topological polar surface area (TPSA) is 66.5 Å². The predicted octanol–water partition coefficient (Wildman–Crippen LogP) is 5.81. The van der Waals surface area contributed by atoms with Gasteiger partial charge in [-0.25, -0.2) is 8.42 Å². The molecule has 3 aromatic rings. The van der Waals surface area contributed by atoms with Gasteiger partial charge in [0.05, 0.1) is 27.7 Å². The van der Waals surface area contributed by atoms with Crippen molar-refractivity contribution in [1.29, 1.82) is 0 Å². The monoisotopic (exact) mass is 510 g/mol. The van der Waals surface area contributed by atoms with Gasteiger partial charge < -0.3 is 5.32 Å². The van der Waals surface area contributed by atoms with Crippen molar-refractivity contribution in [2.75, 3.05) is 11.9 Å². The lowest BCUT2D eigenvalue weighted by Crippen LogP contribution is -2.37. The molecule has 10 heteroatoms. The van der Waals surface area contributed by atoms with Crippen LogP contribution in [0.2, 0.25) is 5.02 Å². The standard InChI is InChI=1S/C24H22ClF3N2O3S/c1-16-6-9-20(10-7-16)34(32,33)30(14-18-5-3-4-17(2)12-18)15-23(31)29-22-13-19(24(26,27)28)8-11-21(22)25/h3-13H,14-15H2,1-2H3,(H,29,31). The van der Waals surface area contributed by atoms with Crippen LogP contribution in [0.5, 0.6) is 0 Å². The minimum absolute atomic E-state index is 0.00402. The first kappa shape index (κ1) is 25.7. The molecule has 3 aromatic carbocycles. The summed E-state index contributed by atoms with van der Waals surface area (Å²) < 4.78 is 66.8. The van der Waals surface area contributed by atoms with Gasteiger partial charge in [-0.3, -0.25) is 4.79 Å². The number of benzene rings is 3. The summed E-state index contributed by atoms with van der Waals surface area (Å²) in [7, 11) is -4.10. The number of carbonyl (C=O) groups excluding carboxylic acids is 1. The molecule has 0 saturated carbocycles. The van der Waals surface area contributed by atoms with E-state index in [-0.39, 0.29) is 22.2 Å². The zero-order valence-electron chi connectivity index (χ0n) is 18.4. The average molecular weight is 511 g/mol. The van der Waals surface area contributed by atoms with E-state index in [1.54, 1.807) is 30.3 Å². The molecule has 1 amide bonds. The summed E-state index contributed by atoms with van der Waals surface area (Å²) in [5, 5.41) is 2.20. The first-order valence-corrected chi connectivity index (χ1v) is 12.0. The highest BCUT2D eigenvalue weighted by Gasteiger charge is 2.32. The Kier molecular flexibility index (Phi) is 7.70. The SMILES string of the molecule is Cc1ccc(S(=O)(=O)N(CC(=O)Nc2cc(C(F)(F)F)ccc2Cl)Cc2cccc(C)c2)cc1. The number of sulfonamides is 1. The van der Waals surface area contributed by atoms with Crippen molar-refractivity contribution in [2.24, 2.45) is 0 Å².